The van der Waals surface area contributed by atoms with Crippen LogP contribution in [0.2, 0.25) is 0 Å². The van der Waals surface area contributed by atoms with Gasteiger partial charge in [-0.1, -0.05) is 19.1 Å². The number of rotatable bonds is 3. The van der Waals surface area contributed by atoms with E-state index in [1.54, 1.807) is 24.8 Å². The summed E-state index contributed by atoms with van der Waals surface area (Å²) in [5, 5.41) is 9.19. The zero-order valence-electron chi connectivity index (χ0n) is 6.45. The molecule has 0 aliphatic carbocycles. The van der Waals surface area contributed by atoms with E-state index in [4.69, 9.17) is 4.74 Å². The number of benzene rings is 1. The number of para-hydroxylation sites is 2. The molecule has 0 spiro atoms. The van der Waals surface area contributed by atoms with Gasteiger partial charge in [-0.15, -0.1) is 0 Å². The fourth-order valence-electron chi connectivity index (χ4n) is 0.730. The Balaban J connectivity index is 2.62. The SMILES string of the molecule is CC[CH]Oc1ccccc1O. The summed E-state index contributed by atoms with van der Waals surface area (Å²) < 4.78 is 5.11. The van der Waals surface area contributed by atoms with Gasteiger partial charge in [-0.3, -0.25) is 0 Å². The quantitative estimate of drug-likeness (QED) is 0.718. The molecule has 59 valence electrons. The molecule has 0 aliphatic heterocycles. The van der Waals surface area contributed by atoms with Gasteiger partial charge in [0.25, 0.3) is 0 Å². The van der Waals surface area contributed by atoms with Crippen LogP contribution in [0.15, 0.2) is 24.3 Å². The molecule has 1 aromatic carbocycles. The molecule has 2 nitrogen and oxygen atoms in total. The molecule has 0 unspecified atom stereocenters. The molecular formula is C9H11O2. The average molecular weight is 151 g/mol. The molecule has 1 aromatic rings. The first-order valence-electron chi connectivity index (χ1n) is 3.61. The zero-order valence-corrected chi connectivity index (χ0v) is 6.45. The highest BCUT2D eigenvalue weighted by atomic mass is 16.5. The highest BCUT2D eigenvalue weighted by Crippen LogP contribution is 2.24. The number of hydrogen-bond acceptors (Lipinski definition) is 2. The van der Waals surface area contributed by atoms with Gasteiger partial charge in [0.05, 0.1) is 0 Å². The van der Waals surface area contributed by atoms with Gasteiger partial charge in [-0.2, -0.15) is 0 Å². The van der Waals surface area contributed by atoms with E-state index < -0.39 is 0 Å². The number of phenolic OH excluding ortho intramolecular Hbond substituents is 1. The Morgan fingerprint density at radius 2 is 2.18 bits per heavy atom. The van der Waals surface area contributed by atoms with Gasteiger partial charge in [0.1, 0.15) is 6.61 Å². The van der Waals surface area contributed by atoms with Gasteiger partial charge < -0.3 is 9.84 Å². The van der Waals surface area contributed by atoms with Crippen LogP contribution in [0, 0.1) is 6.61 Å². The van der Waals surface area contributed by atoms with Crippen molar-refractivity contribution in [3.05, 3.63) is 30.9 Å². The van der Waals surface area contributed by atoms with E-state index in [1.807, 2.05) is 13.0 Å². The highest BCUT2D eigenvalue weighted by molar-refractivity contribution is 5.38. The third-order valence-corrected chi connectivity index (χ3v) is 1.24. The number of hydrogen-bond donors (Lipinski definition) is 1. The molecular weight excluding hydrogens is 140 g/mol. The van der Waals surface area contributed by atoms with Crippen LogP contribution in [0.4, 0.5) is 0 Å². The summed E-state index contributed by atoms with van der Waals surface area (Å²) >= 11 is 0. The van der Waals surface area contributed by atoms with Crippen molar-refractivity contribution in [2.75, 3.05) is 0 Å². The van der Waals surface area contributed by atoms with Crippen molar-refractivity contribution in [1.82, 2.24) is 0 Å². The van der Waals surface area contributed by atoms with E-state index in [1.165, 1.54) is 0 Å². The fraction of sp³-hybridized carbons (Fsp3) is 0.222. The maximum atomic E-state index is 9.19. The minimum Gasteiger partial charge on any atom is -0.504 e. The summed E-state index contributed by atoms with van der Waals surface area (Å²) in [6.45, 7) is 3.62. The molecule has 2 heteroatoms. The molecule has 1 rings (SSSR count). The van der Waals surface area contributed by atoms with Gasteiger partial charge in [0, 0.05) is 0 Å². The van der Waals surface area contributed by atoms with Crippen LogP contribution < -0.4 is 4.74 Å². The van der Waals surface area contributed by atoms with Crippen LogP contribution in [0.25, 0.3) is 0 Å². The van der Waals surface area contributed by atoms with Crippen molar-refractivity contribution in [3.63, 3.8) is 0 Å². The average Bonchev–Trinajstić information content (AvgIpc) is 2.03. The lowest BCUT2D eigenvalue weighted by Crippen LogP contribution is -1.87. The van der Waals surface area contributed by atoms with Crippen LogP contribution in [0.3, 0.4) is 0 Å². The van der Waals surface area contributed by atoms with Gasteiger partial charge in [0.15, 0.2) is 11.5 Å². The van der Waals surface area contributed by atoms with Crippen molar-refractivity contribution in [2.24, 2.45) is 0 Å². The summed E-state index contributed by atoms with van der Waals surface area (Å²) in [4.78, 5) is 0. The summed E-state index contributed by atoms with van der Waals surface area (Å²) in [6, 6.07) is 6.90. The molecule has 0 amide bonds. The van der Waals surface area contributed by atoms with Crippen molar-refractivity contribution in [2.45, 2.75) is 13.3 Å². The van der Waals surface area contributed by atoms with E-state index in [0.717, 1.165) is 6.42 Å². The minimum absolute atomic E-state index is 0.178. The monoisotopic (exact) mass is 151 g/mol. The van der Waals surface area contributed by atoms with Crippen molar-refractivity contribution in [1.29, 1.82) is 0 Å². The van der Waals surface area contributed by atoms with Crippen LogP contribution in [0.1, 0.15) is 13.3 Å². The molecule has 0 atom stereocenters. The number of aromatic hydroxyl groups is 1. The summed E-state index contributed by atoms with van der Waals surface area (Å²) in [5.74, 6) is 0.687. The van der Waals surface area contributed by atoms with E-state index >= 15 is 0 Å². The van der Waals surface area contributed by atoms with Crippen molar-refractivity contribution < 1.29 is 9.84 Å². The lowest BCUT2D eigenvalue weighted by molar-refractivity contribution is 0.363. The minimum atomic E-state index is 0.178. The molecule has 11 heavy (non-hydrogen) atoms. The first-order valence-corrected chi connectivity index (χ1v) is 3.61. The Morgan fingerprint density at radius 1 is 1.45 bits per heavy atom. The third-order valence-electron chi connectivity index (χ3n) is 1.24. The highest BCUT2D eigenvalue weighted by Gasteiger charge is 1.97. The van der Waals surface area contributed by atoms with Gasteiger partial charge in [0.2, 0.25) is 0 Å². The molecule has 0 bridgehead atoms. The van der Waals surface area contributed by atoms with Gasteiger partial charge in [-0.05, 0) is 18.6 Å². The van der Waals surface area contributed by atoms with E-state index in [2.05, 4.69) is 0 Å². The molecule has 0 aliphatic rings. The van der Waals surface area contributed by atoms with E-state index in [9.17, 15) is 5.11 Å². The molecule has 0 heterocycles. The lowest BCUT2D eigenvalue weighted by Gasteiger charge is -2.04. The summed E-state index contributed by atoms with van der Waals surface area (Å²) in [5.41, 5.74) is 0. The fourth-order valence-corrected chi connectivity index (χ4v) is 0.730. The molecule has 0 aromatic heterocycles. The predicted octanol–water partition coefficient (Wildman–Crippen LogP) is 2.34. The topological polar surface area (TPSA) is 29.5 Å². The molecule has 1 N–H and O–H groups in total. The molecule has 0 saturated carbocycles. The van der Waals surface area contributed by atoms with Crippen LogP contribution in [-0.2, 0) is 0 Å². The first-order chi connectivity index (χ1) is 5.34. The predicted molar refractivity (Wildman–Crippen MR) is 43.3 cm³/mol. The van der Waals surface area contributed by atoms with Crippen molar-refractivity contribution >= 4 is 0 Å². The summed E-state index contributed by atoms with van der Waals surface area (Å²) in [7, 11) is 0. The van der Waals surface area contributed by atoms with Crippen LogP contribution >= 0.6 is 0 Å². The Kier molecular flexibility index (Phi) is 2.78. The number of ether oxygens (including phenoxy) is 1. The maximum Gasteiger partial charge on any atom is 0.161 e. The third kappa shape index (κ3) is 2.15. The zero-order chi connectivity index (χ0) is 8.10. The molecule has 0 fully saturated rings. The van der Waals surface area contributed by atoms with Gasteiger partial charge >= 0.3 is 0 Å². The second-order valence-corrected chi connectivity index (χ2v) is 2.16. The number of phenols is 1. The van der Waals surface area contributed by atoms with E-state index in [-0.39, 0.29) is 5.75 Å². The maximum absolute atomic E-state index is 9.19. The second kappa shape index (κ2) is 3.86. The Bertz CT molecular complexity index is 221. The van der Waals surface area contributed by atoms with Crippen LogP contribution in [-0.4, -0.2) is 5.11 Å². The van der Waals surface area contributed by atoms with Gasteiger partial charge in [-0.25, -0.2) is 0 Å². The van der Waals surface area contributed by atoms with E-state index in [0.29, 0.717) is 5.75 Å². The Morgan fingerprint density at radius 3 is 2.82 bits per heavy atom. The molecule has 1 radical (unpaired) electrons. The lowest BCUT2D eigenvalue weighted by atomic mass is 10.3. The smallest absolute Gasteiger partial charge is 0.161 e. The molecule has 0 saturated heterocycles. The first kappa shape index (κ1) is 7.92. The second-order valence-electron chi connectivity index (χ2n) is 2.16. The van der Waals surface area contributed by atoms with Crippen molar-refractivity contribution in [3.8, 4) is 11.5 Å². The largest absolute Gasteiger partial charge is 0.504 e. The standard InChI is InChI=1S/C9H11O2/c1-2-7-11-9-6-4-3-5-8(9)10/h3-7,10H,2H2,1H3. The normalized spacial score (nSPS) is 9.55. The Hall–Kier alpha value is -1.18. The summed E-state index contributed by atoms with van der Waals surface area (Å²) in [6.07, 6.45) is 0.828. The Labute approximate surface area is 66.4 Å². The van der Waals surface area contributed by atoms with Crippen LogP contribution in [0.5, 0.6) is 11.5 Å².